The van der Waals surface area contributed by atoms with Gasteiger partial charge in [0.25, 0.3) is 0 Å². The third kappa shape index (κ3) is 1.94. The summed E-state index contributed by atoms with van der Waals surface area (Å²) in [7, 11) is 0. The fourth-order valence-electron chi connectivity index (χ4n) is 1.28. The van der Waals surface area contributed by atoms with Crippen LogP contribution in [0.15, 0.2) is 0 Å². The van der Waals surface area contributed by atoms with E-state index in [0.717, 1.165) is 32.5 Å². The zero-order valence-corrected chi connectivity index (χ0v) is 6.60. The molecule has 0 aromatic carbocycles. The minimum atomic E-state index is -0.00611. The van der Waals surface area contributed by atoms with Crippen LogP contribution in [0.25, 0.3) is 0 Å². The summed E-state index contributed by atoms with van der Waals surface area (Å²) in [6.07, 6.45) is 2.19. The first kappa shape index (κ1) is 7.98. The highest BCUT2D eigenvalue weighted by Crippen LogP contribution is 2.08. The molecule has 0 spiro atoms. The molecule has 0 aromatic rings. The van der Waals surface area contributed by atoms with Gasteiger partial charge >= 0.3 is 0 Å². The van der Waals surface area contributed by atoms with Crippen molar-refractivity contribution in [1.82, 2.24) is 5.32 Å². The highest BCUT2D eigenvalue weighted by Gasteiger charge is 2.20. The van der Waals surface area contributed by atoms with Crippen molar-refractivity contribution in [1.29, 1.82) is 0 Å². The molecule has 0 aliphatic carbocycles. The number of hydrogen-bond acceptors (Lipinski definition) is 2. The minimum Gasteiger partial charge on any atom is -0.632 e. The lowest BCUT2D eigenvalue weighted by Gasteiger charge is -2.37. The number of hydroxylamine groups is 3. The Morgan fingerprint density at radius 3 is 2.90 bits per heavy atom. The second-order valence-corrected chi connectivity index (χ2v) is 3.02. The zero-order valence-electron chi connectivity index (χ0n) is 6.60. The Labute approximate surface area is 62.2 Å². The topological polar surface area (TPSA) is 35.1 Å². The zero-order chi connectivity index (χ0) is 7.45. The van der Waals surface area contributed by atoms with Crippen molar-refractivity contribution in [2.75, 3.05) is 26.3 Å². The Kier molecular flexibility index (Phi) is 2.65. The molecule has 1 atom stereocenters. The normalized spacial score (nSPS) is 33.0. The van der Waals surface area contributed by atoms with Crippen molar-refractivity contribution < 1.29 is 4.65 Å². The van der Waals surface area contributed by atoms with Crippen LogP contribution in [0.1, 0.15) is 19.8 Å². The molecule has 1 saturated heterocycles. The molecule has 0 aromatic heterocycles. The van der Waals surface area contributed by atoms with Crippen LogP contribution < -0.4 is 5.32 Å². The molecule has 1 aliphatic rings. The van der Waals surface area contributed by atoms with E-state index in [1.54, 1.807) is 0 Å². The molecule has 0 saturated carbocycles. The third-order valence-electron chi connectivity index (χ3n) is 2.02. The largest absolute Gasteiger partial charge is 0.632 e. The second kappa shape index (κ2) is 3.32. The molecule has 1 unspecified atom stereocenters. The van der Waals surface area contributed by atoms with Crippen molar-refractivity contribution in [3.05, 3.63) is 5.21 Å². The van der Waals surface area contributed by atoms with Gasteiger partial charge < -0.3 is 9.85 Å². The average Bonchev–Trinajstić information content (AvgIpc) is 2.33. The molecule has 0 bridgehead atoms. The molecule has 3 heteroatoms. The molecular weight excluding hydrogens is 128 g/mol. The van der Waals surface area contributed by atoms with Gasteiger partial charge in [0.05, 0.1) is 19.6 Å². The summed E-state index contributed by atoms with van der Waals surface area (Å²) in [6, 6.07) is 0. The van der Waals surface area contributed by atoms with Crippen molar-refractivity contribution in [2.45, 2.75) is 19.8 Å². The molecule has 3 nitrogen and oxygen atoms in total. The molecule has 1 aliphatic heterocycles. The van der Waals surface area contributed by atoms with Gasteiger partial charge in [0.1, 0.15) is 6.67 Å². The lowest BCUT2D eigenvalue weighted by atomic mass is 10.3. The standard InChI is InChI=1S/C7H16N2O/c1-2-3-5-9(10)6-4-8-7-9/h8H,2-7H2,1H3. The van der Waals surface area contributed by atoms with Crippen LogP contribution in [0.2, 0.25) is 0 Å². The van der Waals surface area contributed by atoms with Crippen LogP contribution in [0.4, 0.5) is 0 Å². The van der Waals surface area contributed by atoms with E-state index in [2.05, 4.69) is 12.2 Å². The van der Waals surface area contributed by atoms with Crippen LogP contribution in [-0.4, -0.2) is 30.9 Å². The Balaban J connectivity index is 2.22. The molecule has 0 radical (unpaired) electrons. The molecule has 1 rings (SSSR count). The van der Waals surface area contributed by atoms with Crippen LogP contribution >= 0.6 is 0 Å². The summed E-state index contributed by atoms with van der Waals surface area (Å²) in [5.41, 5.74) is 0. The summed E-state index contributed by atoms with van der Waals surface area (Å²) < 4.78 is -0.00611. The van der Waals surface area contributed by atoms with E-state index in [9.17, 15) is 5.21 Å². The van der Waals surface area contributed by atoms with Gasteiger partial charge in [-0.25, -0.2) is 0 Å². The Bertz CT molecular complexity index is 99.8. The van der Waals surface area contributed by atoms with Gasteiger partial charge in [-0.3, -0.25) is 5.32 Å². The van der Waals surface area contributed by atoms with Crippen LogP contribution in [0.3, 0.4) is 0 Å². The highest BCUT2D eigenvalue weighted by molar-refractivity contribution is 4.54. The maximum Gasteiger partial charge on any atom is 0.132 e. The highest BCUT2D eigenvalue weighted by atomic mass is 16.5. The van der Waals surface area contributed by atoms with Crippen LogP contribution in [-0.2, 0) is 0 Å². The predicted octanol–water partition coefficient (Wildman–Crippen LogP) is 0.662. The average molecular weight is 144 g/mol. The maximum absolute atomic E-state index is 11.5. The first-order valence-electron chi connectivity index (χ1n) is 4.05. The van der Waals surface area contributed by atoms with Gasteiger partial charge in [0.2, 0.25) is 0 Å². The van der Waals surface area contributed by atoms with Crippen molar-refractivity contribution in [2.24, 2.45) is 0 Å². The Morgan fingerprint density at radius 1 is 1.60 bits per heavy atom. The van der Waals surface area contributed by atoms with E-state index in [-0.39, 0.29) is 4.65 Å². The van der Waals surface area contributed by atoms with E-state index >= 15 is 0 Å². The first-order chi connectivity index (χ1) is 4.77. The fourth-order valence-corrected chi connectivity index (χ4v) is 1.28. The van der Waals surface area contributed by atoms with Gasteiger partial charge in [-0.05, 0) is 6.42 Å². The number of hydrogen-bond donors (Lipinski definition) is 1. The number of rotatable bonds is 3. The molecule has 60 valence electrons. The summed E-state index contributed by atoms with van der Waals surface area (Å²) in [5.74, 6) is 0. The first-order valence-corrected chi connectivity index (χ1v) is 4.05. The molecule has 1 heterocycles. The summed E-state index contributed by atoms with van der Waals surface area (Å²) >= 11 is 0. The van der Waals surface area contributed by atoms with Crippen molar-refractivity contribution in [3.8, 4) is 0 Å². The second-order valence-electron chi connectivity index (χ2n) is 3.02. The molecular formula is C7H16N2O. The quantitative estimate of drug-likeness (QED) is 0.466. The monoisotopic (exact) mass is 144 g/mol. The van der Waals surface area contributed by atoms with Gasteiger partial charge in [-0.2, -0.15) is 0 Å². The van der Waals surface area contributed by atoms with Gasteiger partial charge in [0, 0.05) is 0 Å². The van der Waals surface area contributed by atoms with Gasteiger partial charge in [0.15, 0.2) is 0 Å². The summed E-state index contributed by atoms with van der Waals surface area (Å²) in [4.78, 5) is 0. The molecule has 0 amide bonds. The Morgan fingerprint density at radius 2 is 2.40 bits per heavy atom. The lowest BCUT2D eigenvalue weighted by molar-refractivity contribution is -0.869. The van der Waals surface area contributed by atoms with E-state index in [4.69, 9.17) is 0 Å². The number of quaternary nitrogens is 1. The summed E-state index contributed by atoms with van der Waals surface area (Å²) in [6.45, 7) is 5.20. The van der Waals surface area contributed by atoms with E-state index in [1.165, 1.54) is 0 Å². The molecule has 1 N–H and O–H groups in total. The van der Waals surface area contributed by atoms with Crippen molar-refractivity contribution in [3.63, 3.8) is 0 Å². The number of nitrogens with zero attached hydrogens (tertiary/aromatic N) is 1. The Hall–Kier alpha value is -0.120. The van der Waals surface area contributed by atoms with Crippen molar-refractivity contribution >= 4 is 0 Å². The SMILES string of the molecule is CCCC[N+]1([O-])CCNC1. The maximum atomic E-state index is 11.5. The van der Waals surface area contributed by atoms with E-state index < -0.39 is 0 Å². The van der Waals surface area contributed by atoms with Gasteiger partial charge in [-0.15, -0.1) is 0 Å². The molecule has 1 fully saturated rings. The smallest absolute Gasteiger partial charge is 0.132 e. The molecule has 10 heavy (non-hydrogen) atoms. The fraction of sp³-hybridized carbons (Fsp3) is 1.00. The van der Waals surface area contributed by atoms with E-state index in [0.29, 0.717) is 6.67 Å². The minimum absolute atomic E-state index is 0.00611. The van der Waals surface area contributed by atoms with E-state index in [1.807, 2.05) is 0 Å². The van der Waals surface area contributed by atoms with Crippen LogP contribution in [0, 0.1) is 5.21 Å². The number of nitrogens with one attached hydrogen (secondary N) is 1. The lowest BCUT2D eigenvalue weighted by Crippen LogP contribution is -2.41. The third-order valence-corrected chi connectivity index (χ3v) is 2.02. The van der Waals surface area contributed by atoms with Gasteiger partial charge in [-0.1, -0.05) is 13.3 Å². The van der Waals surface area contributed by atoms with Crippen LogP contribution in [0.5, 0.6) is 0 Å². The number of unbranched alkanes of at least 4 members (excludes halogenated alkanes) is 1. The summed E-state index contributed by atoms with van der Waals surface area (Å²) in [5, 5.41) is 14.6. The predicted molar refractivity (Wildman–Crippen MR) is 41.1 cm³/mol.